The summed E-state index contributed by atoms with van der Waals surface area (Å²) in [6, 6.07) is 9.00. The normalized spacial score (nSPS) is 22.3. The van der Waals surface area contributed by atoms with Crippen molar-refractivity contribution in [3.8, 4) is 0 Å². The van der Waals surface area contributed by atoms with Crippen LogP contribution in [0.1, 0.15) is 36.8 Å². The number of carbonyl (C=O) groups is 1. The smallest absolute Gasteiger partial charge is 0.319 e. The van der Waals surface area contributed by atoms with E-state index >= 15 is 0 Å². The van der Waals surface area contributed by atoms with Crippen molar-refractivity contribution in [1.29, 1.82) is 0 Å². The average Bonchev–Trinajstić information content (AvgIpc) is 2.29. The predicted octanol–water partition coefficient (Wildman–Crippen LogP) is 2.39. The molecule has 98 valence electrons. The first-order valence-electron chi connectivity index (χ1n) is 6.65. The molecular formula is C15H21NO2. The van der Waals surface area contributed by atoms with Gasteiger partial charge in [0.1, 0.15) is 0 Å². The summed E-state index contributed by atoms with van der Waals surface area (Å²) in [4.78, 5) is 11.2. The fraction of sp³-hybridized carbons (Fsp3) is 0.533. The Kier molecular flexibility index (Phi) is 4.37. The van der Waals surface area contributed by atoms with Crippen LogP contribution in [0.25, 0.3) is 0 Å². The number of rotatable bonds is 5. The third-order valence-electron chi connectivity index (χ3n) is 3.61. The van der Waals surface area contributed by atoms with Gasteiger partial charge >= 0.3 is 5.97 Å². The van der Waals surface area contributed by atoms with Crippen LogP contribution in [0.4, 0.5) is 0 Å². The molecule has 1 N–H and O–H groups in total. The van der Waals surface area contributed by atoms with Crippen molar-refractivity contribution in [2.75, 3.05) is 13.2 Å². The molecule has 0 spiro atoms. The molecule has 0 radical (unpaired) electrons. The number of carbonyl (C=O) groups excluding carboxylic acids is 1. The van der Waals surface area contributed by atoms with Crippen LogP contribution in [0.3, 0.4) is 0 Å². The Morgan fingerprint density at radius 2 is 2.11 bits per heavy atom. The molecule has 2 rings (SSSR count). The first-order valence-corrected chi connectivity index (χ1v) is 6.65. The first kappa shape index (κ1) is 13.1. The Hall–Kier alpha value is -1.35. The summed E-state index contributed by atoms with van der Waals surface area (Å²) in [5, 5.41) is 3.25. The van der Waals surface area contributed by atoms with E-state index in [4.69, 9.17) is 4.74 Å². The lowest BCUT2D eigenvalue weighted by molar-refractivity contribution is -0.142. The SMILES string of the molecule is CCOC(=O)CNC1CC(c2ccccc2C)C1. The Labute approximate surface area is 109 Å². The molecular weight excluding hydrogens is 226 g/mol. The minimum atomic E-state index is -0.156. The molecule has 0 bridgehead atoms. The fourth-order valence-corrected chi connectivity index (χ4v) is 2.52. The zero-order chi connectivity index (χ0) is 13.0. The Bertz CT molecular complexity index is 411. The van der Waals surface area contributed by atoms with Crippen LogP contribution in [0, 0.1) is 6.92 Å². The maximum absolute atomic E-state index is 11.2. The molecule has 0 saturated heterocycles. The molecule has 0 amide bonds. The highest BCUT2D eigenvalue weighted by molar-refractivity contribution is 5.71. The van der Waals surface area contributed by atoms with Crippen molar-refractivity contribution in [3.05, 3.63) is 35.4 Å². The van der Waals surface area contributed by atoms with Crippen molar-refractivity contribution in [2.45, 2.75) is 38.6 Å². The van der Waals surface area contributed by atoms with E-state index in [1.807, 2.05) is 6.92 Å². The van der Waals surface area contributed by atoms with Gasteiger partial charge in [0.25, 0.3) is 0 Å². The van der Waals surface area contributed by atoms with E-state index < -0.39 is 0 Å². The lowest BCUT2D eigenvalue weighted by Gasteiger charge is -2.37. The quantitative estimate of drug-likeness (QED) is 0.812. The van der Waals surface area contributed by atoms with Gasteiger partial charge < -0.3 is 10.1 Å². The van der Waals surface area contributed by atoms with Crippen LogP contribution in [0.5, 0.6) is 0 Å². The molecule has 1 saturated carbocycles. The second-order valence-corrected chi connectivity index (χ2v) is 4.91. The zero-order valence-electron chi connectivity index (χ0n) is 11.1. The second-order valence-electron chi connectivity index (χ2n) is 4.91. The summed E-state index contributed by atoms with van der Waals surface area (Å²) in [6.45, 7) is 4.78. The number of esters is 1. The summed E-state index contributed by atoms with van der Waals surface area (Å²) >= 11 is 0. The van der Waals surface area contributed by atoms with E-state index in [1.54, 1.807) is 0 Å². The molecule has 0 aromatic heterocycles. The van der Waals surface area contributed by atoms with Crippen LogP contribution in [0.15, 0.2) is 24.3 Å². The molecule has 0 atom stereocenters. The van der Waals surface area contributed by atoms with E-state index in [0.717, 1.165) is 12.8 Å². The highest BCUT2D eigenvalue weighted by Crippen LogP contribution is 2.38. The van der Waals surface area contributed by atoms with Gasteiger partial charge in [0.15, 0.2) is 0 Å². The van der Waals surface area contributed by atoms with Crippen LogP contribution >= 0.6 is 0 Å². The van der Waals surface area contributed by atoms with Crippen molar-refractivity contribution in [3.63, 3.8) is 0 Å². The van der Waals surface area contributed by atoms with Gasteiger partial charge in [-0.05, 0) is 43.7 Å². The summed E-state index contributed by atoms with van der Waals surface area (Å²) in [5.74, 6) is 0.489. The van der Waals surface area contributed by atoms with E-state index in [9.17, 15) is 4.79 Å². The van der Waals surface area contributed by atoms with E-state index in [1.165, 1.54) is 11.1 Å². The molecule has 1 fully saturated rings. The number of hydrogen-bond acceptors (Lipinski definition) is 3. The van der Waals surface area contributed by atoms with E-state index in [-0.39, 0.29) is 5.97 Å². The van der Waals surface area contributed by atoms with Crippen molar-refractivity contribution in [2.24, 2.45) is 0 Å². The highest BCUT2D eigenvalue weighted by atomic mass is 16.5. The maximum atomic E-state index is 11.2. The molecule has 3 nitrogen and oxygen atoms in total. The molecule has 0 unspecified atom stereocenters. The average molecular weight is 247 g/mol. The van der Waals surface area contributed by atoms with Crippen LogP contribution in [0.2, 0.25) is 0 Å². The molecule has 0 heterocycles. The van der Waals surface area contributed by atoms with Gasteiger partial charge in [0, 0.05) is 6.04 Å². The molecule has 3 heteroatoms. The molecule has 1 aromatic rings. The number of ether oxygens (including phenoxy) is 1. The van der Waals surface area contributed by atoms with Gasteiger partial charge in [0.2, 0.25) is 0 Å². The standard InChI is InChI=1S/C15H21NO2/c1-3-18-15(17)10-16-13-8-12(9-13)14-7-5-4-6-11(14)2/h4-7,12-13,16H,3,8-10H2,1-2H3. The topological polar surface area (TPSA) is 38.3 Å². The minimum Gasteiger partial charge on any atom is -0.465 e. The third kappa shape index (κ3) is 3.10. The largest absolute Gasteiger partial charge is 0.465 e. The van der Waals surface area contributed by atoms with Crippen molar-refractivity contribution >= 4 is 5.97 Å². The van der Waals surface area contributed by atoms with Crippen molar-refractivity contribution in [1.82, 2.24) is 5.32 Å². The molecule has 18 heavy (non-hydrogen) atoms. The third-order valence-corrected chi connectivity index (χ3v) is 3.61. The van der Waals surface area contributed by atoms with Gasteiger partial charge in [-0.3, -0.25) is 4.79 Å². The number of aryl methyl sites for hydroxylation is 1. The van der Waals surface area contributed by atoms with Crippen molar-refractivity contribution < 1.29 is 9.53 Å². The lowest BCUT2D eigenvalue weighted by atomic mass is 9.74. The summed E-state index contributed by atoms with van der Waals surface area (Å²) in [5.41, 5.74) is 2.82. The Balaban J connectivity index is 1.74. The van der Waals surface area contributed by atoms with Crippen LogP contribution < -0.4 is 5.32 Å². The van der Waals surface area contributed by atoms with Gasteiger partial charge in [-0.25, -0.2) is 0 Å². The Morgan fingerprint density at radius 1 is 1.39 bits per heavy atom. The summed E-state index contributed by atoms with van der Waals surface area (Å²) in [7, 11) is 0. The van der Waals surface area contributed by atoms with Crippen LogP contribution in [-0.4, -0.2) is 25.2 Å². The number of nitrogens with one attached hydrogen (secondary N) is 1. The molecule has 1 aromatic carbocycles. The minimum absolute atomic E-state index is 0.156. The molecule has 1 aliphatic carbocycles. The second kappa shape index (κ2) is 6.01. The van der Waals surface area contributed by atoms with Gasteiger partial charge in [-0.1, -0.05) is 24.3 Å². The predicted molar refractivity (Wildman–Crippen MR) is 71.6 cm³/mol. The summed E-state index contributed by atoms with van der Waals surface area (Å²) in [6.07, 6.45) is 2.23. The molecule has 0 aliphatic heterocycles. The number of hydrogen-bond donors (Lipinski definition) is 1. The van der Waals surface area contributed by atoms with E-state index in [2.05, 4.69) is 36.5 Å². The fourth-order valence-electron chi connectivity index (χ4n) is 2.52. The van der Waals surface area contributed by atoms with Gasteiger partial charge in [0.05, 0.1) is 13.2 Å². The monoisotopic (exact) mass is 247 g/mol. The highest BCUT2D eigenvalue weighted by Gasteiger charge is 2.30. The summed E-state index contributed by atoms with van der Waals surface area (Å²) < 4.78 is 4.89. The first-order chi connectivity index (χ1) is 8.70. The van der Waals surface area contributed by atoms with Crippen LogP contribution in [-0.2, 0) is 9.53 Å². The lowest BCUT2D eigenvalue weighted by Crippen LogP contribution is -2.42. The van der Waals surface area contributed by atoms with Gasteiger partial charge in [-0.15, -0.1) is 0 Å². The maximum Gasteiger partial charge on any atom is 0.319 e. The van der Waals surface area contributed by atoms with E-state index in [0.29, 0.717) is 25.1 Å². The number of benzene rings is 1. The Morgan fingerprint density at radius 3 is 2.78 bits per heavy atom. The molecule has 1 aliphatic rings. The van der Waals surface area contributed by atoms with Gasteiger partial charge in [-0.2, -0.15) is 0 Å². The zero-order valence-corrected chi connectivity index (χ0v) is 11.1.